The molecule has 1 N–H and O–H groups in total. The van der Waals surface area contributed by atoms with Crippen molar-refractivity contribution in [3.05, 3.63) is 24.9 Å². The topological polar surface area (TPSA) is 54.5 Å². The van der Waals surface area contributed by atoms with E-state index in [9.17, 15) is 0 Å². The maximum Gasteiger partial charge on any atom is 0.161 e. The number of allylic oxidation sites excluding steroid dienone is 1. The fourth-order valence-corrected chi connectivity index (χ4v) is 0.963. The van der Waals surface area contributed by atoms with Crippen LogP contribution in [0, 0.1) is 0 Å². The first-order valence-corrected chi connectivity index (χ1v) is 3.59. The molecule has 0 saturated carbocycles. The lowest BCUT2D eigenvalue weighted by molar-refractivity contribution is 1.20. The lowest BCUT2D eigenvalue weighted by Crippen LogP contribution is -1.78. The first kappa shape index (κ1) is 6.97. The number of nitrogens with one attached hydrogen (secondary N) is 1. The van der Waals surface area contributed by atoms with Crippen LogP contribution in [0.5, 0.6) is 0 Å². The summed E-state index contributed by atoms with van der Waals surface area (Å²) in [6.45, 7) is 5.67. The number of nitrogens with zero attached hydrogens (tertiary/aromatic N) is 3. The van der Waals surface area contributed by atoms with Crippen LogP contribution in [0.25, 0.3) is 16.7 Å². The van der Waals surface area contributed by atoms with E-state index in [0.29, 0.717) is 0 Å². The van der Waals surface area contributed by atoms with E-state index in [1.807, 2.05) is 6.92 Å². The summed E-state index contributed by atoms with van der Waals surface area (Å²) in [5.41, 5.74) is 2.42. The standard InChI is InChI=1S/C8H8N4/c1-5(2)7-11-6-3-9-4-10-8(6)12-7/h3-4H,1H2,2H3,(H,9,10,11,12). The van der Waals surface area contributed by atoms with E-state index >= 15 is 0 Å². The predicted molar refractivity (Wildman–Crippen MR) is 46.4 cm³/mol. The molecule has 2 aromatic rings. The molecule has 0 unspecified atom stereocenters. The third-order valence-corrected chi connectivity index (χ3v) is 1.57. The van der Waals surface area contributed by atoms with E-state index in [1.54, 1.807) is 6.20 Å². The Hall–Kier alpha value is -1.71. The molecule has 0 bridgehead atoms. The van der Waals surface area contributed by atoms with E-state index in [-0.39, 0.29) is 0 Å². The fraction of sp³-hybridized carbons (Fsp3) is 0.125. The molecule has 2 rings (SSSR count). The first-order chi connectivity index (χ1) is 5.77. The van der Waals surface area contributed by atoms with Crippen LogP contribution >= 0.6 is 0 Å². The van der Waals surface area contributed by atoms with Crippen molar-refractivity contribution < 1.29 is 0 Å². The van der Waals surface area contributed by atoms with Crippen LogP contribution in [0.1, 0.15) is 12.7 Å². The van der Waals surface area contributed by atoms with Crippen LogP contribution in [0.2, 0.25) is 0 Å². The van der Waals surface area contributed by atoms with Crippen molar-refractivity contribution in [2.75, 3.05) is 0 Å². The van der Waals surface area contributed by atoms with Crippen LogP contribution in [-0.2, 0) is 0 Å². The molecule has 0 radical (unpaired) electrons. The summed E-state index contributed by atoms with van der Waals surface area (Å²) >= 11 is 0. The molecular weight excluding hydrogens is 152 g/mol. The summed E-state index contributed by atoms with van der Waals surface area (Å²) < 4.78 is 0. The Balaban J connectivity index is 2.70. The van der Waals surface area contributed by atoms with Crippen LogP contribution in [0.15, 0.2) is 19.1 Å². The second-order valence-corrected chi connectivity index (χ2v) is 2.62. The van der Waals surface area contributed by atoms with Crippen molar-refractivity contribution in [3.8, 4) is 0 Å². The van der Waals surface area contributed by atoms with Gasteiger partial charge in [0.15, 0.2) is 5.65 Å². The Morgan fingerprint density at radius 1 is 1.58 bits per heavy atom. The van der Waals surface area contributed by atoms with Gasteiger partial charge in [-0.1, -0.05) is 6.58 Å². The van der Waals surface area contributed by atoms with Crippen LogP contribution in [0.3, 0.4) is 0 Å². The second-order valence-electron chi connectivity index (χ2n) is 2.62. The molecule has 2 aromatic heterocycles. The van der Waals surface area contributed by atoms with Crippen LogP contribution < -0.4 is 0 Å². The molecule has 0 aromatic carbocycles. The van der Waals surface area contributed by atoms with Crippen molar-refractivity contribution in [2.45, 2.75) is 6.92 Å². The second kappa shape index (κ2) is 2.41. The number of fused-ring (bicyclic) bond motifs is 1. The van der Waals surface area contributed by atoms with Crippen molar-refractivity contribution in [2.24, 2.45) is 0 Å². The molecule has 2 heterocycles. The van der Waals surface area contributed by atoms with Gasteiger partial charge in [0.1, 0.15) is 17.7 Å². The number of imidazole rings is 1. The quantitative estimate of drug-likeness (QED) is 0.685. The largest absolute Gasteiger partial charge is 0.323 e. The highest BCUT2D eigenvalue weighted by molar-refractivity contribution is 5.73. The average molecular weight is 160 g/mol. The minimum atomic E-state index is 0.753. The summed E-state index contributed by atoms with van der Waals surface area (Å²) in [5.74, 6) is 0.769. The molecule has 0 spiro atoms. The summed E-state index contributed by atoms with van der Waals surface area (Å²) in [7, 11) is 0. The first-order valence-electron chi connectivity index (χ1n) is 3.59. The summed E-state index contributed by atoms with van der Waals surface area (Å²) in [4.78, 5) is 15.1. The van der Waals surface area contributed by atoms with Gasteiger partial charge in [0.25, 0.3) is 0 Å². The van der Waals surface area contributed by atoms with Gasteiger partial charge < -0.3 is 4.98 Å². The fourth-order valence-electron chi connectivity index (χ4n) is 0.963. The van der Waals surface area contributed by atoms with Crippen molar-refractivity contribution >= 4 is 16.7 Å². The molecule has 4 nitrogen and oxygen atoms in total. The zero-order valence-corrected chi connectivity index (χ0v) is 6.70. The van der Waals surface area contributed by atoms with Gasteiger partial charge in [-0.05, 0) is 12.5 Å². The number of hydrogen-bond donors (Lipinski definition) is 1. The van der Waals surface area contributed by atoms with E-state index in [4.69, 9.17) is 0 Å². The average Bonchev–Trinajstić information content (AvgIpc) is 2.46. The number of aromatic nitrogens is 4. The van der Waals surface area contributed by atoms with Gasteiger partial charge in [0.2, 0.25) is 0 Å². The maximum atomic E-state index is 4.23. The zero-order valence-electron chi connectivity index (χ0n) is 6.70. The van der Waals surface area contributed by atoms with Crippen molar-refractivity contribution in [3.63, 3.8) is 0 Å². The Kier molecular flexibility index (Phi) is 1.40. The molecule has 0 aliphatic rings. The van der Waals surface area contributed by atoms with E-state index < -0.39 is 0 Å². The highest BCUT2D eigenvalue weighted by atomic mass is 15.0. The molecule has 0 atom stereocenters. The minimum Gasteiger partial charge on any atom is -0.323 e. The molecule has 60 valence electrons. The van der Waals surface area contributed by atoms with Gasteiger partial charge in [0, 0.05) is 0 Å². The van der Waals surface area contributed by atoms with Crippen LogP contribution in [-0.4, -0.2) is 19.9 Å². The number of hydrogen-bond acceptors (Lipinski definition) is 3. The molecule has 4 heteroatoms. The lowest BCUT2D eigenvalue weighted by Gasteiger charge is -1.86. The molecule has 0 amide bonds. The van der Waals surface area contributed by atoms with Gasteiger partial charge in [-0.25, -0.2) is 15.0 Å². The molecule has 0 fully saturated rings. The Morgan fingerprint density at radius 3 is 3.08 bits per heavy atom. The molecular formula is C8H8N4. The lowest BCUT2D eigenvalue weighted by atomic mass is 10.3. The van der Waals surface area contributed by atoms with E-state index in [0.717, 1.165) is 22.6 Å². The summed E-state index contributed by atoms with van der Waals surface area (Å²) in [6, 6.07) is 0. The predicted octanol–water partition coefficient (Wildman–Crippen LogP) is 1.39. The van der Waals surface area contributed by atoms with E-state index in [1.165, 1.54) is 6.33 Å². The van der Waals surface area contributed by atoms with Gasteiger partial charge in [-0.3, -0.25) is 0 Å². The maximum absolute atomic E-state index is 4.23. The number of rotatable bonds is 1. The zero-order chi connectivity index (χ0) is 8.55. The van der Waals surface area contributed by atoms with Gasteiger partial charge in [-0.2, -0.15) is 0 Å². The third kappa shape index (κ3) is 0.972. The smallest absolute Gasteiger partial charge is 0.161 e. The van der Waals surface area contributed by atoms with Crippen molar-refractivity contribution in [1.29, 1.82) is 0 Å². The number of H-pyrrole nitrogens is 1. The molecule has 0 saturated heterocycles. The van der Waals surface area contributed by atoms with Gasteiger partial charge in [-0.15, -0.1) is 0 Å². The molecule has 0 aliphatic heterocycles. The third-order valence-electron chi connectivity index (χ3n) is 1.57. The normalized spacial score (nSPS) is 10.4. The van der Waals surface area contributed by atoms with Crippen LogP contribution in [0.4, 0.5) is 0 Å². The summed E-state index contributed by atoms with van der Waals surface area (Å²) in [5, 5.41) is 0. The van der Waals surface area contributed by atoms with Crippen molar-refractivity contribution in [1.82, 2.24) is 19.9 Å². The van der Waals surface area contributed by atoms with Gasteiger partial charge >= 0.3 is 0 Å². The van der Waals surface area contributed by atoms with E-state index in [2.05, 4.69) is 26.5 Å². The molecule has 12 heavy (non-hydrogen) atoms. The Morgan fingerprint density at radius 2 is 2.42 bits per heavy atom. The number of aromatic amines is 1. The highest BCUT2D eigenvalue weighted by Gasteiger charge is 2.02. The SMILES string of the molecule is C=C(C)c1nc2cncnc2[nH]1. The van der Waals surface area contributed by atoms with Gasteiger partial charge in [0.05, 0.1) is 6.20 Å². The highest BCUT2D eigenvalue weighted by Crippen LogP contribution is 2.11. The Labute approximate surface area is 69.4 Å². The summed E-state index contributed by atoms with van der Waals surface area (Å²) in [6.07, 6.45) is 3.16. The molecule has 0 aliphatic carbocycles. The Bertz CT molecular complexity index is 396. The minimum absolute atomic E-state index is 0.753. The monoisotopic (exact) mass is 160 g/mol.